The minimum atomic E-state index is -0.761. The second kappa shape index (κ2) is 11.0. The minimum Gasteiger partial charge on any atom is -0.445 e. The molecule has 0 saturated carbocycles. The summed E-state index contributed by atoms with van der Waals surface area (Å²) in [6.45, 7) is 7.84. The normalized spacial score (nSPS) is 17.6. The van der Waals surface area contributed by atoms with Gasteiger partial charge >= 0.3 is 12.2 Å². The van der Waals surface area contributed by atoms with E-state index in [1.807, 2.05) is 37.3 Å². The third-order valence-electron chi connectivity index (χ3n) is 6.29. The summed E-state index contributed by atoms with van der Waals surface area (Å²) in [5.74, 6) is -0.439. The molecule has 3 heterocycles. The summed E-state index contributed by atoms with van der Waals surface area (Å²) in [4.78, 5) is 54.0. The number of carbonyl (C=O) groups is 3. The summed E-state index contributed by atoms with van der Waals surface area (Å²) in [5.41, 5.74) is 1.27. The van der Waals surface area contributed by atoms with Crippen LogP contribution in [0.5, 0.6) is 0 Å². The van der Waals surface area contributed by atoms with Crippen LogP contribution in [0.4, 0.5) is 15.4 Å². The van der Waals surface area contributed by atoms with Gasteiger partial charge in [0.15, 0.2) is 17.2 Å². The van der Waals surface area contributed by atoms with Crippen LogP contribution in [0.2, 0.25) is 0 Å². The first kappa shape index (κ1) is 26.1. The van der Waals surface area contributed by atoms with Crippen molar-refractivity contribution >= 4 is 35.0 Å². The molecule has 2 atom stereocenters. The summed E-state index contributed by atoms with van der Waals surface area (Å²) >= 11 is 0. The molecule has 2 aromatic heterocycles. The van der Waals surface area contributed by atoms with Gasteiger partial charge in [-0.15, -0.1) is 0 Å². The first-order valence-electron chi connectivity index (χ1n) is 12.4. The number of likely N-dealkylation sites (tertiary alicyclic amines) is 1. The van der Waals surface area contributed by atoms with Crippen molar-refractivity contribution in [2.45, 2.75) is 46.3 Å². The molecule has 1 N–H and O–H groups in total. The molecule has 3 aromatic rings. The van der Waals surface area contributed by atoms with E-state index >= 15 is 0 Å². The summed E-state index contributed by atoms with van der Waals surface area (Å²) in [6.07, 6.45) is 2.71. The Morgan fingerprint density at radius 2 is 1.89 bits per heavy atom. The zero-order valence-electron chi connectivity index (χ0n) is 21.6. The highest BCUT2D eigenvalue weighted by Gasteiger charge is 2.40. The van der Waals surface area contributed by atoms with E-state index in [1.165, 1.54) is 11.1 Å². The van der Waals surface area contributed by atoms with Gasteiger partial charge in [-0.1, -0.05) is 43.7 Å². The quantitative estimate of drug-likeness (QED) is 0.498. The van der Waals surface area contributed by atoms with Crippen molar-refractivity contribution in [1.29, 1.82) is 0 Å². The molecule has 0 radical (unpaired) electrons. The Hall–Kier alpha value is -3.95. The predicted molar refractivity (Wildman–Crippen MR) is 138 cm³/mol. The average molecular weight is 508 g/mol. The first-order chi connectivity index (χ1) is 17.6. The Morgan fingerprint density at radius 3 is 2.59 bits per heavy atom. The fourth-order valence-corrected chi connectivity index (χ4v) is 4.39. The van der Waals surface area contributed by atoms with Crippen LogP contribution in [-0.2, 0) is 20.9 Å². The second-order valence-electron chi connectivity index (χ2n) is 10.2. The van der Waals surface area contributed by atoms with Crippen molar-refractivity contribution in [2.75, 3.05) is 24.5 Å². The van der Waals surface area contributed by atoms with E-state index in [9.17, 15) is 14.4 Å². The molecule has 0 bridgehead atoms. The van der Waals surface area contributed by atoms with Gasteiger partial charge in [-0.25, -0.2) is 19.6 Å². The lowest BCUT2D eigenvalue weighted by Crippen LogP contribution is -2.43. The van der Waals surface area contributed by atoms with Gasteiger partial charge in [0.05, 0.1) is 12.7 Å². The Bertz CT molecular complexity index is 1250. The Kier molecular flexibility index (Phi) is 7.75. The van der Waals surface area contributed by atoms with Gasteiger partial charge in [0, 0.05) is 25.2 Å². The lowest BCUT2D eigenvalue weighted by atomic mass is 9.90. The molecule has 37 heavy (non-hydrogen) atoms. The van der Waals surface area contributed by atoms with Crippen molar-refractivity contribution in [3.63, 3.8) is 0 Å². The Morgan fingerprint density at radius 1 is 1.14 bits per heavy atom. The van der Waals surface area contributed by atoms with Gasteiger partial charge in [-0.05, 0) is 38.3 Å². The molecular formula is C27H33N5O5. The van der Waals surface area contributed by atoms with Crippen LogP contribution in [0.3, 0.4) is 0 Å². The van der Waals surface area contributed by atoms with Gasteiger partial charge in [-0.2, -0.15) is 0 Å². The standard InChI is InChI=1S/C27H33N5O5/c1-5-19-14-31(25(34)36-17-18-9-7-6-8-10-18)15-20(19)22(33)16-32(26(35)37-27(2,3)4)23-13-29-24-21(30-23)11-12-28-24/h6-13,19-20H,5,14-17H2,1-4H3,(H,28,29)/t19-,20-/m0/s1. The van der Waals surface area contributed by atoms with E-state index in [4.69, 9.17) is 9.47 Å². The van der Waals surface area contributed by atoms with Gasteiger partial charge < -0.3 is 19.4 Å². The van der Waals surface area contributed by atoms with Crippen LogP contribution in [0, 0.1) is 11.8 Å². The number of carbonyl (C=O) groups excluding carboxylic acids is 3. The first-order valence-corrected chi connectivity index (χ1v) is 12.4. The maximum atomic E-state index is 13.5. The number of hydrogen-bond acceptors (Lipinski definition) is 7. The number of nitrogens with one attached hydrogen (secondary N) is 1. The molecule has 1 saturated heterocycles. The average Bonchev–Trinajstić information content (AvgIpc) is 3.52. The molecule has 10 heteroatoms. The molecule has 1 fully saturated rings. The molecule has 2 amide bonds. The van der Waals surface area contributed by atoms with E-state index < -0.39 is 23.7 Å². The molecule has 1 aromatic carbocycles. The lowest BCUT2D eigenvalue weighted by molar-refractivity contribution is -0.122. The Labute approximate surface area is 216 Å². The number of hydrogen-bond donors (Lipinski definition) is 1. The summed E-state index contributed by atoms with van der Waals surface area (Å²) in [5, 5.41) is 0. The highest BCUT2D eigenvalue weighted by molar-refractivity contribution is 5.96. The summed E-state index contributed by atoms with van der Waals surface area (Å²) < 4.78 is 11.1. The molecule has 10 nitrogen and oxygen atoms in total. The van der Waals surface area contributed by atoms with E-state index in [0.29, 0.717) is 24.1 Å². The number of H-pyrrole nitrogens is 1. The largest absolute Gasteiger partial charge is 0.445 e. The molecule has 196 valence electrons. The molecule has 0 unspecified atom stereocenters. The number of benzene rings is 1. The fraction of sp³-hybridized carbons (Fsp3) is 0.444. The van der Waals surface area contributed by atoms with E-state index in [2.05, 4.69) is 15.0 Å². The maximum absolute atomic E-state index is 13.5. The van der Waals surface area contributed by atoms with Crippen LogP contribution in [0.25, 0.3) is 11.2 Å². The number of ketones is 1. The van der Waals surface area contributed by atoms with Gasteiger partial charge in [0.25, 0.3) is 0 Å². The SMILES string of the molecule is CC[C@H]1CN(C(=O)OCc2ccccc2)C[C@@H]1C(=O)CN(C(=O)OC(C)(C)C)c1cnc2[nH]ccc2n1. The van der Waals surface area contributed by atoms with Gasteiger partial charge in [0.2, 0.25) is 0 Å². The van der Waals surface area contributed by atoms with Crippen LogP contribution >= 0.6 is 0 Å². The number of rotatable bonds is 7. The zero-order valence-corrected chi connectivity index (χ0v) is 21.6. The van der Waals surface area contributed by atoms with Crippen molar-refractivity contribution in [1.82, 2.24) is 19.9 Å². The van der Waals surface area contributed by atoms with E-state index in [0.717, 1.165) is 5.56 Å². The number of anilines is 1. The number of ether oxygens (including phenoxy) is 2. The van der Waals surface area contributed by atoms with Crippen LogP contribution in [0.15, 0.2) is 48.8 Å². The number of nitrogens with zero attached hydrogens (tertiary/aromatic N) is 4. The van der Waals surface area contributed by atoms with Crippen LogP contribution in [-0.4, -0.2) is 63.1 Å². The second-order valence-corrected chi connectivity index (χ2v) is 10.2. The van der Waals surface area contributed by atoms with Crippen molar-refractivity contribution in [2.24, 2.45) is 11.8 Å². The molecular weight excluding hydrogens is 474 g/mol. The molecule has 1 aliphatic heterocycles. The smallest absolute Gasteiger partial charge is 0.416 e. The minimum absolute atomic E-state index is 0.0458. The number of aromatic nitrogens is 3. The molecule has 4 rings (SSSR count). The van der Waals surface area contributed by atoms with Crippen molar-refractivity contribution < 1.29 is 23.9 Å². The van der Waals surface area contributed by atoms with Crippen molar-refractivity contribution in [3.05, 3.63) is 54.4 Å². The molecule has 0 aliphatic carbocycles. The fourth-order valence-electron chi connectivity index (χ4n) is 4.39. The number of amides is 2. The number of fused-ring (bicyclic) bond motifs is 1. The zero-order chi connectivity index (χ0) is 26.6. The highest BCUT2D eigenvalue weighted by atomic mass is 16.6. The topological polar surface area (TPSA) is 118 Å². The Balaban J connectivity index is 1.48. The van der Waals surface area contributed by atoms with E-state index in [1.54, 1.807) is 37.9 Å². The monoisotopic (exact) mass is 507 g/mol. The number of aromatic amines is 1. The predicted octanol–water partition coefficient (Wildman–Crippen LogP) is 4.56. The van der Waals surface area contributed by atoms with Gasteiger partial charge in [0.1, 0.15) is 17.7 Å². The third-order valence-corrected chi connectivity index (χ3v) is 6.29. The molecule has 1 aliphatic rings. The summed E-state index contributed by atoms with van der Waals surface area (Å²) in [6, 6.07) is 11.2. The van der Waals surface area contributed by atoms with Crippen molar-refractivity contribution in [3.8, 4) is 0 Å². The summed E-state index contributed by atoms with van der Waals surface area (Å²) in [7, 11) is 0. The van der Waals surface area contributed by atoms with Crippen LogP contribution < -0.4 is 4.90 Å². The number of Topliss-reactive ketones (excluding diaryl/α,β-unsaturated/α-hetero) is 1. The molecule has 0 spiro atoms. The lowest BCUT2D eigenvalue weighted by Gasteiger charge is -2.27. The van der Waals surface area contributed by atoms with E-state index in [-0.39, 0.29) is 37.2 Å². The highest BCUT2D eigenvalue weighted by Crippen LogP contribution is 2.29. The maximum Gasteiger partial charge on any atom is 0.416 e. The van der Waals surface area contributed by atoms with Gasteiger partial charge in [-0.3, -0.25) is 9.69 Å². The third kappa shape index (κ3) is 6.44. The van der Waals surface area contributed by atoms with Crippen LogP contribution in [0.1, 0.15) is 39.7 Å².